The second-order valence-electron chi connectivity index (χ2n) is 8.36. The van der Waals surface area contributed by atoms with Gasteiger partial charge in [-0.3, -0.25) is 9.69 Å². The van der Waals surface area contributed by atoms with E-state index in [-0.39, 0.29) is 30.3 Å². The van der Waals surface area contributed by atoms with Crippen LogP contribution in [0.4, 0.5) is 18.9 Å². The van der Waals surface area contributed by atoms with Gasteiger partial charge in [0.15, 0.2) is 0 Å². The molecule has 1 aliphatic carbocycles. The number of benzene rings is 2. The zero-order valence-electron chi connectivity index (χ0n) is 16.8. The third-order valence-electron chi connectivity index (χ3n) is 6.34. The zero-order chi connectivity index (χ0) is 21.6. The van der Waals surface area contributed by atoms with Gasteiger partial charge in [0.1, 0.15) is 17.6 Å². The quantitative estimate of drug-likeness (QED) is 0.713. The standard InChI is InChI=1S/C23H23F3N2O3/c24-23(25,26)31-17-10-8-15(9-11-17)13-28-19-6-1-2-7-21(19)30-18-12-20(22(28)29)27(14-18)16-4-3-5-16/h1-2,6-11,16,18,20H,3-5,12-14H2/t18-,20-/m0/s1. The summed E-state index contributed by atoms with van der Waals surface area (Å²) in [5, 5.41) is 0. The highest BCUT2D eigenvalue weighted by Gasteiger charge is 2.46. The Bertz CT molecular complexity index is 959. The number of para-hydroxylation sites is 2. The lowest BCUT2D eigenvalue weighted by molar-refractivity contribution is -0.274. The number of alkyl halides is 3. The van der Waals surface area contributed by atoms with Crippen molar-refractivity contribution >= 4 is 11.6 Å². The molecule has 1 saturated carbocycles. The molecular formula is C23H23F3N2O3. The van der Waals surface area contributed by atoms with Crippen LogP contribution in [0.2, 0.25) is 0 Å². The second-order valence-corrected chi connectivity index (χ2v) is 8.36. The van der Waals surface area contributed by atoms with Crippen LogP contribution < -0.4 is 14.4 Å². The number of carbonyl (C=O) groups excluding carboxylic acids is 1. The Morgan fingerprint density at radius 2 is 1.81 bits per heavy atom. The maximum atomic E-state index is 13.7. The summed E-state index contributed by atoms with van der Waals surface area (Å²) in [6, 6.07) is 13.3. The van der Waals surface area contributed by atoms with Crippen LogP contribution in [-0.4, -0.2) is 41.9 Å². The van der Waals surface area contributed by atoms with E-state index in [4.69, 9.17) is 4.74 Å². The van der Waals surface area contributed by atoms with E-state index in [1.165, 1.54) is 18.6 Å². The maximum absolute atomic E-state index is 13.7. The van der Waals surface area contributed by atoms with Gasteiger partial charge in [-0.2, -0.15) is 0 Å². The summed E-state index contributed by atoms with van der Waals surface area (Å²) in [6.45, 7) is 0.984. The van der Waals surface area contributed by atoms with Crippen LogP contribution in [0, 0.1) is 0 Å². The largest absolute Gasteiger partial charge is 0.573 e. The van der Waals surface area contributed by atoms with Crippen molar-refractivity contribution < 1.29 is 27.4 Å². The van der Waals surface area contributed by atoms with Gasteiger partial charge >= 0.3 is 6.36 Å². The molecule has 5 rings (SSSR count). The number of fused-ring (bicyclic) bond motifs is 3. The molecule has 0 unspecified atom stereocenters. The molecule has 2 bridgehead atoms. The topological polar surface area (TPSA) is 42.0 Å². The fourth-order valence-electron chi connectivity index (χ4n) is 4.67. The lowest BCUT2D eigenvalue weighted by Crippen LogP contribution is -2.51. The fourth-order valence-corrected chi connectivity index (χ4v) is 4.67. The van der Waals surface area contributed by atoms with E-state index in [0.717, 1.165) is 19.4 Å². The normalized spacial score (nSPS) is 24.1. The van der Waals surface area contributed by atoms with Crippen LogP contribution in [-0.2, 0) is 11.3 Å². The molecule has 3 aliphatic rings. The molecule has 0 spiro atoms. The highest BCUT2D eigenvalue weighted by atomic mass is 19.4. The number of rotatable bonds is 4. The number of ether oxygens (including phenoxy) is 2. The molecule has 31 heavy (non-hydrogen) atoms. The monoisotopic (exact) mass is 432 g/mol. The van der Waals surface area contributed by atoms with Crippen LogP contribution in [0.3, 0.4) is 0 Å². The van der Waals surface area contributed by atoms with Crippen molar-refractivity contribution in [1.29, 1.82) is 0 Å². The Kier molecular flexibility index (Phi) is 5.04. The third kappa shape index (κ3) is 4.08. The molecule has 8 heteroatoms. The third-order valence-corrected chi connectivity index (χ3v) is 6.34. The first kappa shape index (κ1) is 20.2. The predicted octanol–water partition coefficient (Wildman–Crippen LogP) is 4.51. The Labute approximate surface area is 178 Å². The van der Waals surface area contributed by atoms with Crippen LogP contribution in [0.5, 0.6) is 11.5 Å². The van der Waals surface area contributed by atoms with E-state index >= 15 is 0 Å². The molecule has 2 aromatic rings. The summed E-state index contributed by atoms with van der Waals surface area (Å²) in [5.41, 5.74) is 1.40. The minimum atomic E-state index is -4.74. The first-order chi connectivity index (χ1) is 14.9. The number of likely N-dealkylation sites (tertiary alicyclic amines) is 1. The van der Waals surface area contributed by atoms with Crippen molar-refractivity contribution in [1.82, 2.24) is 4.90 Å². The van der Waals surface area contributed by atoms with Gasteiger partial charge in [0.25, 0.3) is 0 Å². The fraction of sp³-hybridized carbons (Fsp3) is 0.435. The smallest absolute Gasteiger partial charge is 0.487 e. The molecule has 2 heterocycles. The van der Waals surface area contributed by atoms with Crippen molar-refractivity contribution in [2.75, 3.05) is 11.4 Å². The molecule has 1 amide bonds. The van der Waals surface area contributed by atoms with Gasteiger partial charge in [0.2, 0.25) is 5.91 Å². The van der Waals surface area contributed by atoms with Gasteiger partial charge in [0, 0.05) is 19.0 Å². The number of halogens is 3. The van der Waals surface area contributed by atoms with Crippen molar-refractivity contribution in [3.8, 4) is 11.5 Å². The average Bonchev–Trinajstić information content (AvgIpc) is 3.08. The first-order valence-corrected chi connectivity index (χ1v) is 10.5. The lowest BCUT2D eigenvalue weighted by atomic mass is 9.91. The highest BCUT2D eigenvalue weighted by molar-refractivity contribution is 5.99. The molecule has 0 radical (unpaired) electrons. The number of carbonyl (C=O) groups is 1. The van der Waals surface area contributed by atoms with E-state index in [9.17, 15) is 18.0 Å². The second kappa shape index (κ2) is 7.75. The van der Waals surface area contributed by atoms with Crippen LogP contribution in [0.15, 0.2) is 48.5 Å². The zero-order valence-corrected chi connectivity index (χ0v) is 16.8. The number of amides is 1. The summed E-state index contributed by atoms with van der Waals surface area (Å²) >= 11 is 0. The van der Waals surface area contributed by atoms with Crippen LogP contribution in [0.25, 0.3) is 0 Å². The summed E-state index contributed by atoms with van der Waals surface area (Å²) in [5.74, 6) is 0.390. The van der Waals surface area contributed by atoms with Gasteiger partial charge in [-0.05, 0) is 42.7 Å². The van der Waals surface area contributed by atoms with Crippen LogP contribution >= 0.6 is 0 Å². The molecule has 164 valence electrons. The van der Waals surface area contributed by atoms with Crippen molar-refractivity contribution in [2.24, 2.45) is 0 Å². The van der Waals surface area contributed by atoms with E-state index in [2.05, 4.69) is 9.64 Å². The molecule has 2 aromatic carbocycles. The predicted molar refractivity (Wildman–Crippen MR) is 108 cm³/mol. The van der Waals surface area contributed by atoms with Crippen molar-refractivity contribution in [2.45, 2.75) is 56.8 Å². The Balaban J connectivity index is 1.44. The summed E-state index contributed by atoms with van der Waals surface area (Å²) in [7, 11) is 0. The van der Waals surface area contributed by atoms with Gasteiger partial charge in [-0.1, -0.05) is 30.7 Å². The van der Waals surface area contributed by atoms with E-state index in [0.29, 0.717) is 29.5 Å². The molecular weight excluding hydrogens is 409 g/mol. The van der Waals surface area contributed by atoms with Crippen LogP contribution in [0.1, 0.15) is 31.2 Å². The lowest BCUT2D eigenvalue weighted by Gasteiger charge is -2.39. The number of hydrogen-bond donors (Lipinski definition) is 0. The van der Waals surface area contributed by atoms with Gasteiger partial charge in [0.05, 0.1) is 18.3 Å². The maximum Gasteiger partial charge on any atom is 0.573 e. The Morgan fingerprint density at radius 1 is 1.06 bits per heavy atom. The van der Waals surface area contributed by atoms with Gasteiger partial charge in [-0.25, -0.2) is 0 Å². The summed E-state index contributed by atoms with van der Waals surface area (Å²) in [4.78, 5) is 17.7. The molecule has 5 nitrogen and oxygen atoms in total. The molecule has 1 saturated heterocycles. The number of anilines is 1. The molecule has 0 aromatic heterocycles. The first-order valence-electron chi connectivity index (χ1n) is 10.5. The number of hydrogen-bond acceptors (Lipinski definition) is 4. The number of nitrogens with zero attached hydrogens (tertiary/aromatic N) is 2. The molecule has 2 aliphatic heterocycles. The summed E-state index contributed by atoms with van der Waals surface area (Å²) < 4.78 is 47.6. The van der Waals surface area contributed by atoms with Crippen molar-refractivity contribution in [3.05, 3.63) is 54.1 Å². The average molecular weight is 432 g/mol. The van der Waals surface area contributed by atoms with E-state index in [1.54, 1.807) is 17.0 Å². The molecule has 2 fully saturated rings. The van der Waals surface area contributed by atoms with Crippen molar-refractivity contribution in [3.63, 3.8) is 0 Å². The van der Waals surface area contributed by atoms with Gasteiger partial charge < -0.3 is 14.4 Å². The Hall–Kier alpha value is -2.74. The van der Waals surface area contributed by atoms with E-state index in [1.807, 2.05) is 24.3 Å². The van der Waals surface area contributed by atoms with E-state index < -0.39 is 6.36 Å². The SMILES string of the molecule is O=C1[C@@H]2C[C@@H](CN2C2CCC2)Oc2ccccc2N1Cc1ccc(OC(F)(F)F)cc1. The molecule has 0 N–H and O–H groups in total. The molecule has 2 atom stereocenters. The van der Waals surface area contributed by atoms with Gasteiger partial charge in [-0.15, -0.1) is 13.2 Å². The minimum Gasteiger partial charge on any atom is -0.487 e. The highest BCUT2D eigenvalue weighted by Crippen LogP contribution is 2.40. The summed E-state index contributed by atoms with van der Waals surface area (Å²) in [6.07, 6.45) is -0.714. The Morgan fingerprint density at radius 3 is 2.48 bits per heavy atom. The minimum absolute atomic E-state index is 0.0146.